The number of ether oxygens (including phenoxy) is 1. The number of sulfonamides is 1. The topological polar surface area (TPSA) is 75.7 Å². The van der Waals surface area contributed by atoms with E-state index in [2.05, 4.69) is 4.72 Å². The van der Waals surface area contributed by atoms with E-state index in [0.29, 0.717) is 30.2 Å². The number of hydrogen-bond donors (Lipinski definition) is 1. The largest absolute Gasteiger partial charge is 0.457 e. The van der Waals surface area contributed by atoms with Crippen LogP contribution in [0.25, 0.3) is 0 Å². The first-order valence-electron chi connectivity index (χ1n) is 9.60. The van der Waals surface area contributed by atoms with Crippen LogP contribution in [0, 0.1) is 6.92 Å². The molecule has 1 aliphatic rings. The summed E-state index contributed by atoms with van der Waals surface area (Å²) in [5.41, 5.74) is 3.22. The zero-order chi connectivity index (χ0) is 21.3. The van der Waals surface area contributed by atoms with Gasteiger partial charge < -0.3 is 9.64 Å². The standard InChI is InChI=1S/C23H22N2O4S/c1-16-3-7-20(8-4-16)29-21-9-5-19(6-10-21)24-30(27,28)22-11-12-23-18(15-22)13-14-25(23)17(2)26/h3-12,15,24H,13-14H2,1-2H3. The Kier molecular flexibility index (Phi) is 5.22. The maximum Gasteiger partial charge on any atom is 0.261 e. The lowest BCUT2D eigenvalue weighted by Crippen LogP contribution is -2.25. The molecule has 0 aliphatic carbocycles. The molecule has 1 N–H and O–H groups in total. The van der Waals surface area contributed by atoms with Crippen molar-refractivity contribution in [2.45, 2.75) is 25.2 Å². The molecule has 6 nitrogen and oxygen atoms in total. The molecular formula is C23H22N2O4S. The minimum Gasteiger partial charge on any atom is -0.457 e. The summed E-state index contributed by atoms with van der Waals surface area (Å²) in [6, 6.07) is 19.3. The molecule has 3 aromatic carbocycles. The Balaban J connectivity index is 1.48. The molecule has 0 saturated heterocycles. The van der Waals surface area contributed by atoms with Crippen LogP contribution in [-0.2, 0) is 21.2 Å². The zero-order valence-corrected chi connectivity index (χ0v) is 17.6. The fraction of sp³-hybridized carbons (Fsp3) is 0.174. The highest BCUT2D eigenvalue weighted by Gasteiger charge is 2.24. The van der Waals surface area contributed by atoms with Gasteiger partial charge in [0.1, 0.15) is 11.5 Å². The number of aryl methyl sites for hydroxylation is 1. The number of amides is 1. The molecule has 1 amide bonds. The van der Waals surface area contributed by atoms with Gasteiger partial charge in [0.15, 0.2) is 0 Å². The molecular weight excluding hydrogens is 400 g/mol. The lowest BCUT2D eigenvalue weighted by molar-refractivity contribution is -0.116. The van der Waals surface area contributed by atoms with Gasteiger partial charge in [-0.1, -0.05) is 17.7 Å². The summed E-state index contributed by atoms with van der Waals surface area (Å²) in [6.45, 7) is 4.09. The normalized spacial score (nSPS) is 13.1. The molecule has 0 saturated carbocycles. The minimum atomic E-state index is -3.74. The van der Waals surface area contributed by atoms with Crippen molar-refractivity contribution in [1.82, 2.24) is 0 Å². The van der Waals surface area contributed by atoms with Gasteiger partial charge in [-0.05, 0) is 73.5 Å². The van der Waals surface area contributed by atoms with Crippen molar-refractivity contribution >= 4 is 27.3 Å². The van der Waals surface area contributed by atoms with Gasteiger partial charge in [-0.2, -0.15) is 0 Å². The maximum atomic E-state index is 12.8. The highest BCUT2D eigenvalue weighted by molar-refractivity contribution is 7.92. The third-order valence-electron chi connectivity index (χ3n) is 5.00. The first kappa shape index (κ1) is 20.0. The van der Waals surface area contributed by atoms with Crippen molar-refractivity contribution in [3.8, 4) is 11.5 Å². The van der Waals surface area contributed by atoms with Gasteiger partial charge in [0.05, 0.1) is 4.90 Å². The number of rotatable bonds is 5. The summed E-state index contributed by atoms with van der Waals surface area (Å²) >= 11 is 0. The average molecular weight is 423 g/mol. The molecule has 1 aliphatic heterocycles. The molecule has 0 radical (unpaired) electrons. The van der Waals surface area contributed by atoms with Crippen LogP contribution in [0.1, 0.15) is 18.1 Å². The monoisotopic (exact) mass is 422 g/mol. The second-order valence-electron chi connectivity index (χ2n) is 7.26. The van der Waals surface area contributed by atoms with Gasteiger partial charge in [0.2, 0.25) is 5.91 Å². The number of benzene rings is 3. The van der Waals surface area contributed by atoms with E-state index in [0.717, 1.165) is 16.8 Å². The third kappa shape index (κ3) is 4.16. The molecule has 0 bridgehead atoms. The SMILES string of the molecule is CC(=O)N1CCc2cc(S(=O)(=O)Nc3ccc(Oc4ccc(C)cc4)cc3)ccc21. The summed E-state index contributed by atoms with van der Waals surface area (Å²) in [5, 5.41) is 0. The summed E-state index contributed by atoms with van der Waals surface area (Å²) in [6.07, 6.45) is 0.642. The van der Waals surface area contributed by atoms with Gasteiger partial charge in [0.25, 0.3) is 10.0 Å². The van der Waals surface area contributed by atoms with Crippen molar-refractivity contribution in [3.05, 3.63) is 77.9 Å². The molecule has 0 spiro atoms. The van der Waals surface area contributed by atoms with Gasteiger partial charge in [-0.15, -0.1) is 0 Å². The van der Waals surface area contributed by atoms with Crippen LogP contribution in [0.2, 0.25) is 0 Å². The van der Waals surface area contributed by atoms with Crippen LogP contribution in [-0.4, -0.2) is 20.9 Å². The lowest BCUT2D eigenvalue weighted by atomic mass is 10.2. The maximum absolute atomic E-state index is 12.8. The van der Waals surface area contributed by atoms with Crippen molar-refractivity contribution in [1.29, 1.82) is 0 Å². The van der Waals surface area contributed by atoms with Crippen LogP contribution in [0.3, 0.4) is 0 Å². The van der Waals surface area contributed by atoms with E-state index in [4.69, 9.17) is 4.74 Å². The van der Waals surface area contributed by atoms with E-state index >= 15 is 0 Å². The van der Waals surface area contributed by atoms with E-state index in [-0.39, 0.29) is 10.8 Å². The number of carbonyl (C=O) groups is 1. The number of nitrogens with zero attached hydrogens (tertiary/aromatic N) is 1. The predicted octanol–water partition coefficient (Wildman–Crippen LogP) is 4.50. The Morgan fingerprint density at radius 3 is 2.23 bits per heavy atom. The van der Waals surface area contributed by atoms with Crippen LogP contribution in [0.15, 0.2) is 71.6 Å². The smallest absolute Gasteiger partial charge is 0.261 e. The molecule has 4 rings (SSSR count). The van der Waals surface area contributed by atoms with Crippen LogP contribution >= 0.6 is 0 Å². The van der Waals surface area contributed by atoms with Crippen molar-refractivity contribution in [3.63, 3.8) is 0 Å². The molecule has 3 aromatic rings. The fourth-order valence-corrected chi connectivity index (χ4v) is 4.53. The van der Waals surface area contributed by atoms with Crippen LogP contribution < -0.4 is 14.4 Å². The number of carbonyl (C=O) groups excluding carboxylic acids is 1. The Bertz CT molecular complexity index is 1190. The Labute approximate surface area is 176 Å². The van der Waals surface area contributed by atoms with E-state index in [9.17, 15) is 13.2 Å². The predicted molar refractivity (Wildman–Crippen MR) is 117 cm³/mol. The lowest BCUT2D eigenvalue weighted by Gasteiger charge is -2.15. The van der Waals surface area contributed by atoms with Gasteiger partial charge in [-0.3, -0.25) is 9.52 Å². The summed E-state index contributed by atoms with van der Waals surface area (Å²) in [5.74, 6) is 1.28. The van der Waals surface area contributed by atoms with E-state index in [1.54, 1.807) is 41.3 Å². The molecule has 0 aromatic heterocycles. The van der Waals surface area contributed by atoms with Gasteiger partial charge in [-0.25, -0.2) is 8.42 Å². The van der Waals surface area contributed by atoms with Gasteiger partial charge in [0, 0.05) is 24.8 Å². The number of hydrogen-bond acceptors (Lipinski definition) is 4. The molecule has 0 fully saturated rings. The van der Waals surface area contributed by atoms with E-state index < -0.39 is 10.0 Å². The number of anilines is 2. The molecule has 7 heteroatoms. The van der Waals surface area contributed by atoms with Gasteiger partial charge >= 0.3 is 0 Å². The Morgan fingerprint density at radius 1 is 0.967 bits per heavy atom. The second kappa shape index (κ2) is 7.84. The van der Waals surface area contributed by atoms with Crippen LogP contribution in [0.4, 0.5) is 11.4 Å². The fourth-order valence-electron chi connectivity index (χ4n) is 3.42. The minimum absolute atomic E-state index is 0.0459. The summed E-state index contributed by atoms with van der Waals surface area (Å²) in [4.78, 5) is 13.5. The Morgan fingerprint density at radius 2 is 1.60 bits per heavy atom. The van der Waals surface area contributed by atoms with Crippen LogP contribution in [0.5, 0.6) is 11.5 Å². The third-order valence-corrected chi connectivity index (χ3v) is 6.38. The Hall–Kier alpha value is -3.32. The van der Waals surface area contributed by atoms with E-state index in [1.807, 2.05) is 31.2 Å². The average Bonchev–Trinajstić information content (AvgIpc) is 3.15. The highest BCUT2D eigenvalue weighted by Crippen LogP contribution is 2.31. The summed E-state index contributed by atoms with van der Waals surface area (Å²) < 4.78 is 34.0. The summed E-state index contributed by atoms with van der Waals surface area (Å²) in [7, 11) is -3.74. The van der Waals surface area contributed by atoms with Crippen molar-refractivity contribution < 1.29 is 17.9 Å². The molecule has 0 atom stereocenters. The molecule has 0 unspecified atom stereocenters. The van der Waals surface area contributed by atoms with Crippen molar-refractivity contribution in [2.75, 3.05) is 16.2 Å². The molecule has 30 heavy (non-hydrogen) atoms. The highest BCUT2D eigenvalue weighted by atomic mass is 32.2. The first-order chi connectivity index (χ1) is 14.3. The quantitative estimate of drug-likeness (QED) is 0.657. The number of nitrogens with one attached hydrogen (secondary N) is 1. The first-order valence-corrected chi connectivity index (χ1v) is 11.1. The van der Waals surface area contributed by atoms with E-state index in [1.165, 1.54) is 13.0 Å². The molecule has 1 heterocycles. The number of fused-ring (bicyclic) bond motifs is 1. The second-order valence-corrected chi connectivity index (χ2v) is 8.94. The van der Waals surface area contributed by atoms with Crippen molar-refractivity contribution in [2.24, 2.45) is 0 Å². The zero-order valence-electron chi connectivity index (χ0n) is 16.8. The molecule has 154 valence electrons.